The summed E-state index contributed by atoms with van der Waals surface area (Å²) in [5.74, 6) is -0.802. The van der Waals surface area contributed by atoms with Gasteiger partial charge in [0.1, 0.15) is 17.7 Å². The number of amides is 1. The summed E-state index contributed by atoms with van der Waals surface area (Å²) < 4.78 is 53.8. The average molecular weight is 458 g/mol. The number of aromatic nitrogens is 3. The molecular formula is C22H18F4N6O. The second-order valence-electron chi connectivity index (χ2n) is 7.94. The van der Waals surface area contributed by atoms with Crippen molar-refractivity contribution >= 4 is 34.3 Å². The Balaban J connectivity index is 1.46. The Morgan fingerprint density at radius 3 is 2.67 bits per heavy atom. The molecule has 4 heterocycles. The minimum Gasteiger partial charge on any atom is -0.350 e. The van der Waals surface area contributed by atoms with Gasteiger partial charge in [-0.15, -0.1) is 0 Å². The lowest BCUT2D eigenvalue weighted by molar-refractivity contribution is -0.139. The van der Waals surface area contributed by atoms with Gasteiger partial charge in [0.05, 0.1) is 28.9 Å². The molecule has 2 aliphatic heterocycles. The van der Waals surface area contributed by atoms with Crippen LogP contribution >= 0.6 is 0 Å². The quantitative estimate of drug-likeness (QED) is 0.472. The molecule has 2 bridgehead atoms. The largest absolute Gasteiger partial charge is 0.419 e. The molecule has 170 valence electrons. The molecule has 0 saturated carbocycles. The monoisotopic (exact) mass is 458 g/mol. The second-order valence-corrected chi connectivity index (χ2v) is 7.94. The number of anilines is 3. The highest BCUT2D eigenvalue weighted by Gasteiger charge is 2.45. The third-order valence-corrected chi connectivity index (χ3v) is 6.02. The van der Waals surface area contributed by atoms with E-state index in [4.69, 9.17) is 0 Å². The minimum atomic E-state index is -4.82. The maximum absolute atomic E-state index is 14.5. The Morgan fingerprint density at radius 1 is 1.15 bits per heavy atom. The fourth-order valence-electron chi connectivity index (χ4n) is 4.49. The van der Waals surface area contributed by atoms with Gasteiger partial charge in [-0.05, 0) is 36.8 Å². The van der Waals surface area contributed by atoms with E-state index in [2.05, 4.69) is 31.7 Å². The molecule has 2 fully saturated rings. The fourth-order valence-corrected chi connectivity index (χ4v) is 4.49. The predicted molar refractivity (Wildman–Crippen MR) is 113 cm³/mol. The zero-order valence-electron chi connectivity index (χ0n) is 17.2. The Bertz CT molecular complexity index is 1260. The third-order valence-electron chi connectivity index (χ3n) is 6.02. The molecule has 0 spiro atoms. The maximum atomic E-state index is 14.5. The molecule has 33 heavy (non-hydrogen) atoms. The Kier molecular flexibility index (Phi) is 4.91. The van der Waals surface area contributed by atoms with Gasteiger partial charge < -0.3 is 15.1 Å². The summed E-state index contributed by atoms with van der Waals surface area (Å²) in [7, 11) is 0. The summed E-state index contributed by atoms with van der Waals surface area (Å²) in [6, 6.07) is 6.67. The topological polar surface area (TPSA) is 74.2 Å². The van der Waals surface area contributed by atoms with Gasteiger partial charge in [-0.2, -0.15) is 13.2 Å². The zero-order valence-corrected chi connectivity index (χ0v) is 17.2. The van der Waals surface area contributed by atoms with Crippen LogP contribution < -0.4 is 10.2 Å². The van der Waals surface area contributed by atoms with Gasteiger partial charge in [0, 0.05) is 13.1 Å². The van der Waals surface area contributed by atoms with E-state index in [1.807, 2.05) is 0 Å². The van der Waals surface area contributed by atoms with Crippen molar-refractivity contribution in [1.82, 2.24) is 19.9 Å². The number of carbonyl (C=O) groups is 1. The number of nitrogens with one attached hydrogen (secondary N) is 1. The average Bonchev–Trinajstić information content (AvgIpc) is 3.40. The Hall–Kier alpha value is -3.76. The van der Waals surface area contributed by atoms with Crippen LogP contribution in [0.5, 0.6) is 0 Å². The number of benzene rings is 1. The highest BCUT2D eigenvalue weighted by atomic mass is 19.4. The lowest BCUT2D eigenvalue weighted by atomic mass is 10.1. The first-order valence-electron chi connectivity index (χ1n) is 10.2. The van der Waals surface area contributed by atoms with Gasteiger partial charge in [0.15, 0.2) is 11.6 Å². The number of piperazine rings is 1. The highest BCUT2D eigenvalue weighted by molar-refractivity contribution is 5.89. The van der Waals surface area contributed by atoms with Crippen molar-refractivity contribution in [3.05, 3.63) is 60.7 Å². The van der Waals surface area contributed by atoms with E-state index in [9.17, 15) is 22.4 Å². The van der Waals surface area contributed by atoms with Gasteiger partial charge >= 0.3 is 6.18 Å². The predicted octanol–water partition coefficient (Wildman–Crippen LogP) is 3.90. The molecule has 2 saturated heterocycles. The number of carbonyl (C=O) groups excluding carboxylic acids is 1. The van der Waals surface area contributed by atoms with Gasteiger partial charge in [0.2, 0.25) is 5.91 Å². The van der Waals surface area contributed by atoms with Crippen LogP contribution in [0, 0.1) is 5.82 Å². The first kappa shape index (κ1) is 21.1. The molecule has 1 aromatic carbocycles. The van der Waals surface area contributed by atoms with Gasteiger partial charge in [-0.25, -0.2) is 19.3 Å². The molecule has 0 unspecified atom stereocenters. The van der Waals surface area contributed by atoms with E-state index in [0.717, 1.165) is 12.5 Å². The standard InChI is InChI=1S/C22H18F4N6O/c1-2-18(33)32-10-12-8-13(32)9-31(12)17-7-6-16-20(30-17)21(28-11-27-16)29-15-5-3-4-14(19(15)23)22(24,25)26/h2-7,11-13H,1,8-10H2,(H,27,28,29)/t12-,13-/m0/s1. The summed E-state index contributed by atoms with van der Waals surface area (Å²) in [6.45, 7) is 4.70. The fraction of sp³-hybridized carbons (Fsp3) is 0.273. The second kappa shape index (κ2) is 7.68. The molecule has 1 N–H and O–H groups in total. The van der Waals surface area contributed by atoms with Crippen LogP contribution in [0.1, 0.15) is 12.0 Å². The van der Waals surface area contributed by atoms with Crippen LogP contribution in [-0.4, -0.2) is 50.9 Å². The van der Waals surface area contributed by atoms with Gasteiger partial charge in [-0.3, -0.25) is 4.79 Å². The molecule has 2 aromatic heterocycles. The van der Waals surface area contributed by atoms with Gasteiger partial charge in [0.25, 0.3) is 0 Å². The maximum Gasteiger partial charge on any atom is 0.419 e. The zero-order chi connectivity index (χ0) is 23.3. The summed E-state index contributed by atoms with van der Waals surface area (Å²) in [5.41, 5.74) is -0.980. The molecular weight excluding hydrogens is 440 g/mol. The Labute approximate surface area is 185 Å². The van der Waals surface area contributed by atoms with Crippen LogP contribution in [-0.2, 0) is 11.0 Å². The normalized spacial score (nSPS) is 19.9. The lowest BCUT2D eigenvalue weighted by Gasteiger charge is -2.34. The van der Waals surface area contributed by atoms with Crippen LogP contribution in [0.25, 0.3) is 11.0 Å². The SMILES string of the molecule is C=CC(=O)N1C[C@@H]2C[C@H]1CN2c1ccc2ncnc(Nc3cccc(C(F)(F)F)c3F)c2n1. The lowest BCUT2D eigenvalue weighted by Crippen LogP contribution is -2.48. The molecule has 5 rings (SSSR count). The molecule has 0 aliphatic carbocycles. The van der Waals surface area contributed by atoms with Crippen molar-refractivity contribution < 1.29 is 22.4 Å². The van der Waals surface area contributed by atoms with Crippen molar-refractivity contribution in [3.8, 4) is 0 Å². The summed E-state index contributed by atoms with van der Waals surface area (Å²) >= 11 is 0. The first-order chi connectivity index (χ1) is 15.8. The molecule has 7 nitrogen and oxygen atoms in total. The van der Waals surface area contributed by atoms with Crippen LogP contribution in [0.2, 0.25) is 0 Å². The minimum absolute atomic E-state index is 0.0572. The van der Waals surface area contributed by atoms with E-state index in [1.54, 1.807) is 17.0 Å². The number of halogens is 4. The number of likely N-dealkylation sites (tertiary alicyclic amines) is 1. The summed E-state index contributed by atoms with van der Waals surface area (Å²) in [5, 5.41) is 2.64. The van der Waals surface area contributed by atoms with E-state index in [1.165, 1.54) is 18.5 Å². The molecule has 2 atom stereocenters. The highest BCUT2D eigenvalue weighted by Crippen LogP contribution is 2.37. The van der Waals surface area contributed by atoms with Crippen molar-refractivity contribution in [3.63, 3.8) is 0 Å². The van der Waals surface area contributed by atoms with E-state index in [-0.39, 0.29) is 29.5 Å². The third kappa shape index (κ3) is 3.62. The molecule has 2 aliphatic rings. The van der Waals surface area contributed by atoms with E-state index in [0.29, 0.717) is 36.0 Å². The first-order valence-corrected chi connectivity index (χ1v) is 10.2. The van der Waals surface area contributed by atoms with E-state index < -0.39 is 17.6 Å². The summed E-state index contributed by atoms with van der Waals surface area (Å²) in [6.07, 6.45) is -1.47. The van der Waals surface area contributed by atoms with Crippen molar-refractivity contribution in [2.75, 3.05) is 23.3 Å². The number of rotatable bonds is 4. The molecule has 3 aromatic rings. The number of pyridine rings is 1. The summed E-state index contributed by atoms with van der Waals surface area (Å²) in [4.78, 5) is 28.7. The van der Waals surface area contributed by atoms with Crippen molar-refractivity contribution in [1.29, 1.82) is 0 Å². The van der Waals surface area contributed by atoms with Crippen LogP contribution in [0.15, 0.2) is 49.3 Å². The number of alkyl halides is 3. The smallest absolute Gasteiger partial charge is 0.350 e. The number of hydrogen-bond donors (Lipinski definition) is 1. The number of nitrogens with zero attached hydrogens (tertiary/aromatic N) is 5. The number of fused-ring (bicyclic) bond motifs is 3. The van der Waals surface area contributed by atoms with Crippen LogP contribution in [0.3, 0.4) is 0 Å². The molecule has 0 radical (unpaired) electrons. The molecule has 11 heteroatoms. The number of hydrogen-bond acceptors (Lipinski definition) is 6. The Morgan fingerprint density at radius 2 is 1.97 bits per heavy atom. The van der Waals surface area contributed by atoms with Crippen molar-refractivity contribution in [2.24, 2.45) is 0 Å². The van der Waals surface area contributed by atoms with Crippen LogP contribution in [0.4, 0.5) is 34.9 Å². The van der Waals surface area contributed by atoms with Crippen molar-refractivity contribution in [2.45, 2.75) is 24.7 Å². The van der Waals surface area contributed by atoms with Gasteiger partial charge in [-0.1, -0.05) is 12.6 Å². The molecule has 1 amide bonds. The van der Waals surface area contributed by atoms with E-state index >= 15 is 0 Å².